The second-order valence-corrected chi connectivity index (χ2v) is 6.94. The van der Waals surface area contributed by atoms with Crippen LogP contribution in [0.2, 0.25) is 0 Å². The van der Waals surface area contributed by atoms with Gasteiger partial charge < -0.3 is 15.6 Å². The van der Waals surface area contributed by atoms with E-state index >= 15 is 0 Å². The Morgan fingerprint density at radius 1 is 1.36 bits per heavy atom. The van der Waals surface area contributed by atoms with Crippen molar-refractivity contribution < 1.29 is 9.32 Å². The molecule has 3 rings (SSSR count). The first-order chi connectivity index (χ1) is 11.4. The number of carbonyl (C=O) groups is 1. The molecule has 1 aliphatic carbocycles. The Labute approximate surface area is 154 Å². The maximum absolute atomic E-state index is 12.1. The molecule has 1 aromatic carbocycles. The highest BCUT2D eigenvalue weighted by molar-refractivity contribution is 5.91. The first-order valence-electron chi connectivity index (χ1n) is 8.42. The number of benzene rings is 1. The summed E-state index contributed by atoms with van der Waals surface area (Å²) in [5.74, 6) is 0.854. The molecule has 1 aromatic heterocycles. The molecule has 0 saturated heterocycles. The molecule has 2 aromatic rings. The molecule has 7 heteroatoms. The smallest absolute Gasteiger partial charge is 0.232 e. The average molecular weight is 365 g/mol. The number of aryl methyl sites for hydroxylation is 1. The number of anilines is 1. The number of hydrogen-bond acceptors (Lipinski definition) is 5. The number of halogens is 1. The van der Waals surface area contributed by atoms with Crippen molar-refractivity contribution in [1.29, 1.82) is 0 Å². The zero-order valence-corrected chi connectivity index (χ0v) is 15.4. The minimum absolute atomic E-state index is 0. The second-order valence-electron chi connectivity index (χ2n) is 6.94. The van der Waals surface area contributed by atoms with E-state index in [1.807, 2.05) is 38.1 Å². The van der Waals surface area contributed by atoms with E-state index in [0.717, 1.165) is 36.9 Å². The maximum atomic E-state index is 12.1. The molecular formula is C18H25ClN4O2. The zero-order valence-electron chi connectivity index (χ0n) is 14.6. The minimum Gasteiger partial charge on any atom is -0.339 e. The second kappa shape index (κ2) is 7.97. The van der Waals surface area contributed by atoms with Crippen LogP contribution in [0.15, 0.2) is 28.8 Å². The van der Waals surface area contributed by atoms with E-state index in [1.54, 1.807) is 0 Å². The molecule has 2 atom stereocenters. The van der Waals surface area contributed by atoms with Gasteiger partial charge in [-0.3, -0.25) is 4.79 Å². The molecule has 0 aliphatic heterocycles. The van der Waals surface area contributed by atoms with Crippen molar-refractivity contribution >= 4 is 24.0 Å². The summed E-state index contributed by atoms with van der Waals surface area (Å²) in [7, 11) is 0. The van der Waals surface area contributed by atoms with Gasteiger partial charge >= 0.3 is 0 Å². The van der Waals surface area contributed by atoms with Crippen molar-refractivity contribution in [2.45, 2.75) is 57.4 Å². The lowest BCUT2D eigenvalue weighted by Gasteiger charge is -2.35. The molecule has 2 unspecified atom stereocenters. The van der Waals surface area contributed by atoms with Gasteiger partial charge in [-0.15, -0.1) is 12.4 Å². The summed E-state index contributed by atoms with van der Waals surface area (Å²) in [6.07, 6.45) is 4.23. The fraction of sp³-hybridized carbons (Fsp3) is 0.500. The van der Waals surface area contributed by atoms with E-state index in [1.165, 1.54) is 0 Å². The first-order valence-corrected chi connectivity index (χ1v) is 8.42. The molecule has 0 radical (unpaired) electrons. The van der Waals surface area contributed by atoms with E-state index in [9.17, 15) is 4.79 Å². The van der Waals surface area contributed by atoms with Gasteiger partial charge in [0.05, 0.1) is 12.3 Å². The third kappa shape index (κ3) is 4.80. The van der Waals surface area contributed by atoms with Crippen molar-refractivity contribution in [1.82, 2.24) is 10.1 Å². The van der Waals surface area contributed by atoms with Gasteiger partial charge in [-0.25, -0.2) is 0 Å². The van der Waals surface area contributed by atoms with Crippen LogP contribution in [0.4, 0.5) is 5.69 Å². The van der Waals surface area contributed by atoms with Crippen LogP contribution in [0, 0.1) is 6.92 Å². The number of rotatable bonds is 4. The lowest BCUT2D eigenvalue weighted by Crippen LogP contribution is -2.44. The minimum atomic E-state index is -0.327. The van der Waals surface area contributed by atoms with Crippen molar-refractivity contribution in [3.8, 4) is 0 Å². The number of nitrogens with zero attached hydrogens (tertiary/aromatic N) is 2. The maximum Gasteiger partial charge on any atom is 0.232 e. The predicted molar refractivity (Wildman–Crippen MR) is 98.9 cm³/mol. The molecule has 1 saturated carbocycles. The van der Waals surface area contributed by atoms with Gasteiger partial charge in [-0.2, -0.15) is 4.98 Å². The van der Waals surface area contributed by atoms with Crippen LogP contribution >= 0.6 is 12.4 Å². The molecule has 136 valence electrons. The fourth-order valence-corrected chi connectivity index (χ4v) is 3.23. The average Bonchev–Trinajstić information content (AvgIpc) is 2.97. The van der Waals surface area contributed by atoms with Gasteiger partial charge in [-0.05, 0) is 38.8 Å². The van der Waals surface area contributed by atoms with Crippen molar-refractivity contribution in [2.75, 3.05) is 5.32 Å². The number of nitrogens with two attached hydrogens (primary N) is 1. The molecule has 1 heterocycles. The fourth-order valence-electron chi connectivity index (χ4n) is 3.23. The molecule has 6 nitrogen and oxygen atoms in total. The Balaban J connectivity index is 0.00000225. The highest BCUT2D eigenvalue weighted by Gasteiger charge is 2.37. The summed E-state index contributed by atoms with van der Waals surface area (Å²) >= 11 is 0. The Bertz CT molecular complexity index is 712. The van der Waals surface area contributed by atoms with Crippen molar-refractivity contribution in [3.05, 3.63) is 41.5 Å². The zero-order chi connectivity index (χ0) is 17.2. The van der Waals surface area contributed by atoms with Crippen LogP contribution in [-0.4, -0.2) is 21.6 Å². The molecule has 0 spiro atoms. The summed E-state index contributed by atoms with van der Waals surface area (Å²) in [4.78, 5) is 16.5. The van der Waals surface area contributed by atoms with Gasteiger partial charge in [-0.1, -0.05) is 35.7 Å². The van der Waals surface area contributed by atoms with E-state index in [4.69, 9.17) is 10.3 Å². The van der Waals surface area contributed by atoms with E-state index in [0.29, 0.717) is 11.7 Å². The van der Waals surface area contributed by atoms with Crippen LogP contribution in [0.3, 0.4) is 0 Å². The van der Waals surface area contributed by atoms with Crippen molar-refractivity contribution in [3.63, 3.8) is 0 Å². The van der Waals surface area contributed by atoms with E-state index < -0.39 is 0 Å². The van der Waals surface area contributed by atoms with Gasteiger partial charge in [0.25, 0.3) is 0 Å². The van der Waals surface area contributed by atoms with Crippen molar-refractivity contribution in [2.24, 2.45) is 5.73 Å². The SMILES string of the molecule is Cc1ccc(NC(=O)Cc2noc(C3CCCCC3(C)N)n2)cc1.Cl. The third-order valence-electron chi connectivity index (χ3n) is 4.69. The molecule has 3 N–H and O–H groups in total. The van der Waals surface area contributed by atoms with Crippen LogP contribution in [0.25, 0.3) is 0 Å². The van der Waals surface area contributed by atoms with Gasteiger partial charge in [0.1, 0.15) is 0 Å². The van der Waals surface area contributed by atoms with E-state index in [-0.39, 0.29) is 36.2 Å². The topological polar surface area (TPSA) is 94.0 Å². The summed E-state index contributed by atoms with van der Waals surface area (Å²) in [5.41, 5.74) is 7.95. The first kappa shape index (κ1) is 19.4. The normalized spacial score (nSPS) is 22.9. The van der Waals surface area contributed by atoms with Gasteiger partial charge in [0.15, 0.2) is 5.82 Å². The molecule has 1 amide bonds. The Morgan fingerprint density at radius 2 is 2.08 bits per heavy atom. The number of carbonyl (C=O) groups excluding carboxylic acids is 1. The van der Waals surface area contributed by atoms with Crippen LogP contribution in [0.5, 0.6) is 0 Å². The summed E-state index contributed by atoms with van der Waals surface area (Å²) in [5, 5.41) is 6.79. The highest BCUT2D eigenvalue weighted by Crippen LogP contribution is 2.38. The number of amides is 1. The highest BCUT2D eigenvalue weighted by atomic mass is 35.5. The van der Waals surface area contributed by atoms with Gasteiger partial charge in [0, 0.05) is 11.2 Å². The quantitative estimate of drug-likeness (QED) is 0.867. The summed E-state index contributed by atoms with van der Waals surface area (Å²) in [6.45, 7) is 4.04. The Kier molecular flexibility index (Phi) is 6.19. The third-order valence-corrected chi connectivity index (χ3v) is 4.69. The van der Waals surface area contributed by atoms with Crippen LogP contribution in [-0.2, 0) is 11.2 Å². The largest absolute Gasteiger partial charge is 0.339 e. The summed E-state index contributed by atoms with van der Waals surface area (Å²) in [6, 6.07) is 7.65. The molecule has 25 heavy (non-hydrogen) atoms. The van der Waals surface area contributed by atoms with Gasteiger partial charge in [0.2, 0.25) is 11.8 Å². The van der Waals surface area contributed by atoms with Crippen LogP contribution in [0.1, 0.15) is 55.8 Å². The number of nitrogens with one attached hydrogen (secondary N) is 1. The molecule has 0 bridgehead atoms. The summed E-state index contributed by atoms with van der Waals surface area (Å²) < 4.78 is 5.39. The Hall–Kier alpha value is -1.92. The number of hydrogen-bond donors (Lipinski definition) is 2. The molecule has 1 aliphatic rings. The molecular weight excluding hydrogens is 340 g/mol. The Morgan fingerprint density at radius 3 is 2.76 bits per heavy atom. The lowest BCUT2D eigenvalue weighted by molar-refractivity contribution is -0.115. The standard InChI is InChI=1S/C18H24N4O2.ClH/c1-12-6-8-13(9-7-12)20-16(23)11-15-21-17(24-22-15)14-5-3-4-10-18(14,2)19;/h6-9,14H,3-5,10-11,19H2,1-2H3,(H,20,23);1H. The predicted octanol–water partition coefficient (Wildman–Crippen LogP) is 3.36. The monoisotopic (exact) mass is 364 g/mol. The molecule has 1 fully saturated rings. The van der Waals surface area contributed by atoms with E-state index in [2.05, 4.69) is 15.5 Å². The lowest BCUT2D eigenvalue weighted by atomic mass is 9.74. The van der Waals surface area contributed by atoms with Crippen LogP contribution < -0.4 is 11.1 Å². The number of aromatic nitrogens is 2.